The standard InChI is InChI=1S/C13H29NO/c1-5-6-7-11-15-12-10-14(4)9-8-13(2)3/h13H,5-12H2,1-4H3. The van der Waals surface area contributed by atoms with E-state index < -0.39 is 0 Å². The fourth-order valence-corrected chi connectivity index (χ4v) is 1.37. The van der Waals surface area contributed by atoms with Gasteiger partial charge in [-0.05, 0) is 32.4 Å². The molecule has 0 saturated heterocycles. The van der Waals surface area contributed by atoms with Gasteiger partial charge in [0.1, 0.15) is 0 Å². The van der Waals surface area contributed by atoms with E-state index >= 15 is 0 Å². The largest absolute Gasteiger partial charge is 0.380 e. The number of hydrogen-bond donors (Lipinski definition) is 0. The molecule has 0 fully saturated rings. The summed E-state index contributed by atoms with van der Waals surface area (Å²) in [5.74, 6) is 0.804. The van der Waals surface area contributed by atoms with Crippen LogP contribution in [0.1, 0.15) is 46.5 Å². The van der Waals surface area contributed by atoms with Crippen molar-refractivity contribution in [3.8, 4) is 0 Å². The predicted octanol–water partition coefficient (Wildman–Crippen LogP) is 3.17. The van der Waals surface area contributed by atoms with Gasteiger partial charge in [0, 0.05) is 13.2 Å². The minimum Gasteiger partial charge on any atom is -0.380 e. The number of likely N-dealkylation sites (N-methyl/N-ethyl adjacent to an activating group) is 1. The first-order chi connectivity index (χ1) is 7.16. The first kappa shape index (κ1) is 14.9. The summed E-state index contributed by atoms with van der Waals surface area (Å²) in [6, 6.07) is 0. The Morgan fingerprint density at radius 1 is 1.07 bits per heavy atom. The van der Waals surface area contributed by atoms with Crippen LogP contribution >= 0.6 is 0 Å². The van der Waals surface area contributed by atoms with Crippen molar-refractivity contribution in [1.82, 2.24) is 4.90 Å². The van der Waals surface area contributed by atoms with Gasteiger partial charge < -0.3 is 9.64 Å². The van der Waals surface area contributed by atoms with Gasteiger partial charge in [-0.1, -0.05) is 33.6 Å². The van der Waals surface area contributed by atoms with Crippen molar-refractivity contribution >= 4 is 0 Å². The zero-order chi connectivity index (χ0) is 11.5. The molecule has 92 valence electrons. The van der Waals surface area contributed by atoms with E-state index in [2.05, 4.69) is 32.7 Å². The molecule has 0 N–H and O–H groups in total. The smallest absolute Gasteiger partial charge is 0.0593 e. The fourth-order valence-electron chi connectivity index (χ4n) is 1.37. The molecule has 0 saturated carbocycles. The van der Waals surface area contributed by atoms with Gasteiger partial charge in [-0.15, -0.1) is 0 Å². The van der Waals surface area contributed by atoms with Crippen LogP contribution in [-0.4, -0.2) is 38.3 Å². The first-order valence-electron chi connectivity index (χ1n) is 6.43. The summed E-state index contributed by atoms with van der Waals surface area (Å²) >= 11 is 0. The van der Waals surface area contributed by atoms with Crippen LogP contribution in [0.25, 0.3) is 0 Å². The van der Waals surface area contributed by atoms with E-state index in [1.165, 1.54) is 32.2 Å². The second kappa shape index (κ2) is 10.4. The monoisotopic (exact) mass is 215 g/mol. The number of hydrogen-bond acceptors (Lipinski definition) is 2. The zero-order valence-corrected chi connectivity index (χ0v) is 11.1. The summed E-state index contributed by atoms with van der Waals surface area (Å²) in [4.78, 5) is 2.36. The van der Waals surface area contributed by atoms with Gasteiger partial charge in [-0.25, -0.2) is 0 Å². The van der Waals surface area contributed by atoms with Gasteiger partial charge >= 0.3 is 0 Å². The normalized spacial score (nSPS) is 11.6. The third-order valence-electron chi connectivity index (χ3n) is 2.60. The molecule has 0 amide bonds. The van der Waals surface area contributed by atoms with Crippen LogP contribution in [-0.2, 0) is 4.74 Å². The minimum atomic E-state index is 0.804. The molecule has 0 aromatic rings. The molecule has 0 heterocycles. The van der Waals surface area contributed by atoms with Crippen molar-refractivity contribution in [1.29, 1.82) is 0 Å². The van der Waals surface area contributed by atoms with Gasteiger partial charge in [0.25, 0.3) is 0 Å². The molecule has 0 spiro atoms. The lowest BCUT2D eigenvalue weighted by Gasteiger charge is -2.17. The summed E-state index contributed by atoms with van der Waals surface area (Å²) in [7, 11) is 2.18. The van der Waals surface area contributed by atoms with Crippen molar-refractivity contribution in [2.24, 2.45) is 5.92 Å². The van der Waals surface area contributed by atoms with Crippen LogP contribution in [0, 0.1) is 5.92 Å². The zero-order valence-electron chi connectivity index (χ0n) is 11.1. The Hall–Kier alpha value is -0.0800. The second-order valence-corrected chi connectivity index (χ2v) is 4.81. The maximum Gasteiger partial charge on any atom is 0.0593 e. The second-order valence-electron chi connectivity index (χ2n) is 4.81. The molecule has 2 heteroatoms. The van der Waals surface area contributed by atoms with Crippen LogP contribution in [0.15, 0.2) is 0 Å². The molecule has 2 nitrogen and oxygen atoms in total. The molecule has 0 radical (unpaired) electrons. The molecule has 0 aromatic heterocycles. The van der Waals surface area contributed by atoms with Crippen molar-refractivity contribution in [3.05, 3.63) is 0 Å². The Kier molecular flexibility index (Phi) is 10.4. The molecule has 0 aliphatic heterocycles. The number of ether oxygens (including phenoxy) is 1. The van der Waals surface area contributed by atoms with Gasteiger partial charge in [-0.3, -0.25) is 0 Å². The van der Waals surface area contributed by atoms with Crippen molar-refractivity contribution < 1.29 is 4.74 Å². The molecule has 0 aliphatic carbocycles. The van der Waals surface area contributed by atoms with Crippen molar-refractivity contribution in [2.75, 3.05) is 33.4 Å². The summed E-state index contributed by atoms with van der Waals surface area (Å²) in [5, 5.41) is 0. The molecule has 0 aliphatic rings. The summed E-state index contributed by atoms with van der Waals surface area (Å²) in [5.41, 5.74) is 0. The van der Waals surface area contributed by atoms with Crippen LogP contribution in [0.3, 0.4) is 0 Å². The lowest BCUT2D eigenvalue weighted by molar-refractivity contribution is 0.107. The van der Waals surface area contributed by atoms with E-state index in [1.54, 1.807) is 0 Å². The molecule has 0 rings (SSSR count). The van der Waals surface area contributed by atoms with Crippen LogP contribution in [0.4, 0.5) is 0 Å². The average molecular weight is 215 g/mol. The maximum absolute atomic E-state index is 5.57. The van der Waals surface area contributed by atoms with E-state index in [4.69, 9.17) is 4.74 Å². The number of unbranched alkanes of at least 4 members (excludes halogenated alkanes) is 2. The molecule has 15 heavy (non-hydrogen) atoms. The first-order valence-corrected chi connectivity index (χ1v) is 6.43. The quantitative estimate of drug-likeness (QED) is 0.519. The van der Waals surface area contributed by atoms with E-state index in [-0.39, 0.29) is 0 Å². The van der Waals surface area contributed by atoms with E-state index in [0.717, 1.165) is 25.7 Å². The van der Waals surface area contributed by atoms with E-state index in [1.807, 2.05) is 0 Å². The molecule has 0 unspecified atom stereocenters. The average Bonchev–Trinajstić information content (AvgIpc) is 2.20. The SMILES string of the molecule is CCCCCOCCN(C)CCC(C)C. The van der Waals surface area contributed by atoms with E-state index in [0.29, 0.717) is 0 Å². The minimum absolute atomic E-state index is 0.804. The molecule has 0 atom stereocenters. The lowest BCUT2D eigenvalue weighted by Crippen LogP contribution is -2.25. The van der Waals surface area contributed by atoms with Gasteiger partial charge in [0.2, 0.25) is 0 Å². The topological polar surface area (TPSA) is 12.5 Å². The highest BCUT2D eigenvalue weighted by molar-refractivity contribution is 4.53. The number of rotatable bonds is 10. The third kappa shape index (κ3) is 11.8. The van der Waals surface area contributed by atoms with Crippen molar-refractivity contribution in [2.45, 2.75) is 46.5 Å². The lowest BCUT2D eigenvalue weighted by atomic mass is 10.1. The van der Waals surface area contributed by atoms with Crippen LogP contribution in [0.5, 0.6) is 0 Å². The molecule has 0 bridgehead atoms. The predicted molar refractivity (Wildman–Crippen MR) is 67.3 cm³/mol. The Morgan fingerprint density at radius 3 is 2.40 bits per heavy atom. The van der Waals surface area contributed by atoms with Crippen LogP contribution < -0.4 is 0 Å². The highest BCUT2D eigenvalue weighted by atomic mass is 16.5. The molecular weight excluding hydrogens is 186 g/mol. The van der Waals surface area contributed by atoms with E-state index in [9.17, 15) is 0 Å². The molecular formula is C13H29NO. The van der Waals surface area contributed by atoms with Gasteiger partial charge in [0.05, 0.1) is 6.61 Å². The Morgan fingerprint density at radius 2 is 1.80 bits per heavy atom. The van der Waals surface area contributed by atoms with Gasteiger partial charge in [0.15, 0.2) is 0 Å². The maximum atomic E-state index is 5.57. The Labute approximate surface area is 96.0 Å². The Balaban J connectivity index is 3.13. The third-order valence-corrected chi connectivity index (χ3v) is 2.60. The summed E-state index contributed by atoms with van der Waals surface area (Å²) in [6.45, 7) is 10.9. The summed E-state index contributed by atoms with van der Waals surface area (Å²) in [6.07, 6.45) is 5.07. The fraction of sp³-hybridized carbons (Fsp3) is 1.00. The van der Waals surface area contributed by atoms with Crippen LogP contribution in [0.2, 0.25) is 0 Å². The summed E-state index contributed by atoms with van der Waals surface area (Å²) < 4.78 is 5.57. The number of nitrogens with zero attached hydrogens (tertiary/aromatic N) is 1. The van der Waals surface area contributed by atoms with Gasteiger partial charge in [-0.2, -0.15) is 0 Å². The van der Waals surface area contributed by atoms with Crippen molar-refractivity contribution in [3.63, 3.8) is 0 Å². The highest BCUT2D eigenvalue weighted by Gasteiger charge is 2.00. The molecule has 0 aromatic carbocycles. The highest BCUT2D eigenvalue weighted by Crippen LogP contribution is 2.00. The Bertz CT molecular complexity index is 126.